The molecule has 2 aromatic rings. The van der Waals surface area contributed by atoms with E-state index in [4.69, 9.17) is 10.3 Å². The molecule has 0 aliphatic carbocycles. The fraction of sp³-hybridized carbons (Fsp3) is 0.222. The van der Waals surface area contributed by atoms with Crippen molar-refractivity contribution < 1.29 is 36.0 Å². The quantitative estimate of drug-likeness (QED) is 0.471. The van der Waals surface area contributed by atoms with Gasteiger partial charge in [0, 0.05) is 46.1 Å². The number of sulfonamides is 2. The van der Waals surface area contributed by atoms with Gasteiger partial charge < -0.3 is 0 Å². The molecule has 4 N–H and O–H groups in total. The van der Waals surface area contributed by atoms with Gasteiger partial charge in [0.1, 0.15) is 0 Å². The first-order valence-electron chi connectivity index (χ1n) is 9.13. The van der Waals surface area contributed by atoms with Gasteiger partial charge in [-0.2, -0.15) is 0 Å². The average Bonchev–Trinajstić information content (AvgIpc) is 2.68. The number of benzene rings is 2. The number of hydrogen-bond acceptors (Lipinski definition) is 8. The van der Waals surface area contributed by atoms with Crippen molar-refractivity contribution in [1.29, 1.82) is 0 Å². The fourth-order valence-electron chi connectivity index (χ4n) is 3.82. The number of amides is 4. The van der Waals surface area contributed by atoms with Crippen LogP contribution in [0.3, 0.4) is 0 Å². The summed E-state index contributed by atoms with van der Waals surface area (Å²) in [6, 6.07) is 5.20. The lowest BCUT2D eigenvalue weighted by molar-refractivity contribution is 0.0598. The minimum Gasteiger partial charge on any atom is -0.273 e. The summed E-state index contributed by atoms with van der Waals surface area (Å²) < 4.78 is 45.1. The van der Waals surface area contributed by atoms with Crippen LogP contribution in [0.1, 0.15) is 41.4 Å². The van der Waals surface area contributed by atoms with E-state index in [1.165, 1.54) is 24.3 Å². The first kappa shape index (κ1) is 22.0. The van der Waals surface area contributed by atoms with Crippen molar-refractivity contribution in [2.75, 3.05) is 24.6 Å². The smallest absolute Gasteiger partial charge is 0.261 e. The lowest BCUT2D eigenvalue weighted by Crippen LogP contribution is -2.45. The molecule has 12 nitrogen and oxygen atoms in total. The van der Waals surface area contributed by atoms with Crippen molar-refractivity contribution in [3.63, 3.8) is 0 Å². The Labute approximate surface area is 181 Å². The topological polar surface area (TPSA) is 195 Å². The van der Waals surface area contributed by atoms with Crippen LogP contribution < -0.4 is 10.3 Å². The number of nitrogens with zero attached hydrogens (tertiary/aromatic N) is 2. The third-order valence-electron chi connectivity index (χ3n) is 5.26. The van der Waals surface area contributed by atoms with Gasteiger partial charge in [0.15, 0.2) is 0 Å². The minimum atomic E-state index is -3.94. The van der Waals surface area contributed by atoms with Gasteiger partial charge in [-0.25, -0.2) is 27.1 Å². The van der Waals surface area contributed by atoms with Crippen LogP contribution in [-0.2, 0) is 20.0 Å². The molecule has 0 aromatic heterocycles. The molecule has 0 saturated carbocycles. The predicted octanol–water partition coefficient (Wildman–Crippen LogP) is -1.39. The van der Waals surface area contributed by atoms with Gasteiger partial charge in [0.2, 0.25) is 20.0 Å². The Bertz CT molecular complexity index is 1280. The van der Waals surface area contributed by atoms with E-state index in [0.717, 1.165) is 9.80 Å². The largest absolute Gasteiger partial charge is 0.273 e. The lowest BCUT2D eigenvalue weighted by atomic mass is 9.86. The fourth-order valence-corrected chi connectivity index (χ4v) is 4.69. The molecule has 2 aliphatic rings. The van der Waals surface area contributed by atoms with Crippen LogP contribution in [0.15, 0.2) is 24.3 Å². The van der Waals surface area contributed by atoms with Gasteiger partial charge in [0.05, 0.1) is 11.5 Å². The van der Waals surface area contributed by atoms with Crippen molar-refractivity contribution in [1.82, 2.24) is 9.80 Å². The predicted molar refractivity (Wildman–Crippen MR) is 111 cm³/mol. The Kier molecular flexibility index (Phi) is 4.93. The second-order valence-corrected chi connectivity index (χ2v) is 10.8. The van der Waals surface area contributed by atoms with Gasteiger partial charge in [-0.3, -0.25) is 29.0 Å². The number of carbonyl (C=O) groups is 4. The molecule has 14 heteroatoms. The summed E-state index contributed by atoms with van der Waals surface area (Å²) in [6.07, 6.45) is 0. The zero-order valence-electron chi connectivity index (χ0n) is 16.3. The number of rotatable bonds is 6. The van der Waals surface area contributed by atoms with Crippen molar-refractivity contribution >= 4 is 54.4 Å². The molecule has 4 amide bonds. The zero-order valence-corrected chi connectivity index (χ0v) is 17.9. The molecule has 32 heavy (non-hydrogen) atoms. The van der Waals surface area contributed by atoms with Gasteiger partial charge in [-0.15, -0.1) is 0 Å². The lowest BCUT2D eigenvalue weighted by Gasteiger charge is -2.31. The minimum absolute atomic E-state index is 0.0215. The van der Waals surface area contributed by atoms with E-state index in [2.05, 4.69) is 0 Å². The maximum Gasteiger partial charge on any atom is 0.261 e. The highest BCUT2D eigenvalue weighted by atomic mass is 32.2. The number of imide groups is 2. The summed E-state index contributed by atoms with van der Waals surface area (Å²) >= 11 is 0. The molecular formula is C18H16N4O8S2. The van der Waals surface area contributed by atoms with E-state index in [1.54, 1.807) is 0 Å². The Morgan fingerprint density at radius 1 is 0.562 bits per heavy atom. The normalized spacial score (nSPS) is 16.3. The molecule has 0 fully saturated rings. The van der Waals surface area contributed by atoms with E-state index in [0.29, 0.717) is 0 Å². The van der Waals surface area contributed by atoms with E-state index in [1.807, 2.05) is 0 Å². The Balaban J connectivity index is 1.83. The van der Waals surface area contributed by atoms with E-state index >= 15 is 0 Å². The highest BCUT2D eigenvalue weighted by Crippen LogP contribution is 2.37. The molecule has 2 aliphatic heterocycles. The van der Waals surface area contributed by atoms with E-state index < -0.39 is 68.3 Å². The third-order valence-corrected chi connectivity index (χ3v) is 6.76. The maximum atomic E-state index is 12.9. The number of hydrogen-bond donors (Lipinski definition) is 2. The summed E-state index contributed by atoms with van der Waals surface area (Å²) in [5, 5.41) is 10.2. The number of carbonyl (C=O) groups excluding carboxylic acids is 4. The first-order chi connectivity index (χ1) is 14.8. The first-order valence-corrected chi connectivity index (χ1v) is 12.6. The number of nitrogens with two attached hydrogens (primary N) is 2. The second kappa shape index (κ2) is 7.16. The third kappa shape index (κ3) is 3.56. The van der Waals surface area contributed by atoms with E-state index in [9.17, 15) is 36.0 Å². The summed E-state index contributed by atoms with van der Waals surface area (Å²) in [5.74, 6) is -4.40. The van der Waals surface area contributed by atoms with Crippen LogP contribution in [-0.4, -0.2) is 74.9 Å². The van der Waals surface area contributed by atoms with Crippen LogP contribution in [0.5, 0.6) is 0 Å². The standard InChI is InChI=1S/C18H16N4O8S2/c19-31(27,28)7-5-21-15(23)9-1-2-10-14-12(4-3-11(13(9)14)17(21)25)18(26)22(16(10)24)6-8-32(20,29)30/h1-4H,5-8H2,(H2,19,27,28)(H2,20,29,30). The summed E-state index contributed by atoms with van der Waals surface area (Å²) in [6.45, 7) is -0.916. The zero-order chi connectivity index (χ0) is 23.6. The molecule has 0 bridgehead atoms. The molecule has 2 heterocycles. The SMILES string of the molecule is NS(=O)(=O)CCN1C(=O)c2ccc3c4c(ccc(c24)C1=O)C(=O)N(CCS(N)(=O)=O)C3=O. The van der Waals surface area contributed by atoms with Crippen LogP contribution in [0.2, 0.25) is 0 Å². The van der Waals surface area contributed by atoms with Gasteiger partial charge in [0.25, 0.3) is 23.6 Å². The Morgan fingerprint density at radius 2 is 0.812 bits per heavy atom. The van der Waals surface area contributed by atoms with Crippen LogP contribution in [0.4, 0.5) is 0 Å². The van der Waals surface area contributed by atoms with Gasteiger partial charge in [-0.05, 0) is 24.3 Å². The van der Waals surface area contributed by atoms with Crippen LogP contribution in [0.25, 0.3) is 10.8 Å². The van der Waals surface area contributed by atoms with Crippen molar-refractivity contribution in [3.8, 4) is 0 Å². The number of primary sulfonamides is 2. The molecule has 168 valence electrons. The molecular weight excluding hydrogens is 464 g/mol. The summed E-state index contributed by atoms with van der Waals surface area (Å²) in [5.41, 5.74) is 0.0859. The summed E-state index contributed by atoms with van der Waals surface area (Å²) in [4.78, 5) is 53.1. The van der Waals surface area contributed by atoms with Crippen LogP contribution >= 0.6 is 0 Å². The molecule has 0 saturated heterocycles. The van der Waals surface area contributed by atoms with Crippen molar-refractivity contribution in [3.05, 3.63) is 46.5 Å². The van der Waals surface area contributed by atoms with Crippen molar-refractivity contribution in [2.45, 2.75) is 0 Å². The van der Waals surface area contributed by atoms with E-state index in [-0.39, 0.29) is 33.0 Å². The molecule has 0 spiro atoms. The monoisotopic (exact) mass is 480 g/mol. The summed E-state index contributed by atoms with van der Waals surface area (Å²) in [7, 11) is -7.87. The van der Waals surface area contributed by atoms with Gasteiger partial charge >= 0.3 is 0 Å². The Hall–Kier alpha value is -3.20. The second-order valence-electron chi connectivity index (χ2n) is 7.33. The molecule has 0 radical (unpaired) electrons. The maximum absolute atomic E-state index is 12.9. The highest BCUT2D eigenvalue weighted by molar-refractivity contribution is 7.89. The molecule has 4 rings (SSSR count). The average molecular weight is 480 g/mol. The molecule has 0 atom stereocenters. The molecule has 0 unspecified atom stereocenters. The van der Waals surface area contributed by atoms with Gasteiger partial charge in [-0.1, -0.05) is 0 Å². The van der Waals surface area contributed by atoms with Crippen molar-refractivity contribution in [2.24, 2.45) is 10.3 Å². The Morgan fingerprint density at radius 3 is 1.03 bits per heavy atom. The highest BCUT2D eigenvalue weighted by Gasteiger charge is 2.39. The van der Waals surface area contributed by atoms with Crippen LogP contribution in [0, 0.1) is 0 Å². The molecule has 2 aromatic carbocycles.